The molecule has 0 saturated carbocycles. The zero-order chi connectivity index (χ0) is 18.8. The van der Waals surface area contributed by atoms with Crippen molar-refractivity contribution < 1.29 is 37.3 Å². The molecule has 0 spiro atoms. The maximum atomic E-state index is 12.4. The number of fused-ring (bicyclic) bond motifs is 1. The molecule has 0 amide bonds. The van der Waals surface area contributed by atoms with Gasteiger partial charge < -0.3 is 19.7 Å². The van der Waals surface area contributed by atoms with Crippen LogP contribution in [0, 0.1) is 0 Å². The molecule has 25 heavy (non-hydrogen) atoms. The fourth-order valence-electron chi connectivity index (χ4n) is 2.06. The van der Waals surface area contributed by atoms with Crippen molar-refractivity contribution in [1.82, 2.24) is 0 Å². The van der Waals surface area contributed by atoms with Crippen LogP contribution in [0.2, 0.25) is 0 Å². The van der Waals surface area contributed by atoms with E-state index in [1.54, 1.807) is 12.1 Å². The molecule has 0 bridgehead atoms. The Kier molecular flexibility index (Phi) is 4.97. The van der Waals surface area contributed by atoms with Gasteiger partial charge >= 0.3 is 10.4 Å². The summed E-state index contributed by atoms with van der Waals surface area (Å²) < 4.78 is 36.9. The van der Waals surface area contributed by atoms with Gasteiger partial charge in [0.25, 0.3) is 0 Å². The standard InChI is InChI=1S/C15H10O5.H2O4S/c16-9-3-1-8(2-4-9)11-7-20-13-6-10(17)5-12(18)14(13)15(11)19;1-5(2,3)4/h1-7,16-18H;(H2,1,2,3,4). The number of phenols is 3. The summed E-state index contributed by atoms with van der Waals surface area (Å²) in [5, 5.41) is 28.4. The highest BCUT2D eigenvalue weighted by atomic mass is 32.3. The molecule has 2 aromatic carbocycles. The largest absolute Gasteiger partial charge is 0.508 e. The van der Waals surface area contributed by atoms with Crippen LogP contribution in [0.4, 0.5) is 0 Å². The average Bonchev–Trinajstić information content (AvgIpc) is 2.46. The second-order valence-corrected chi connectivity index (χ2v) is 5.71. The van der Waals surface area contributed by atoms with E-state index in [-0.39, 0.29) is 33.8 Å². The highest BCUT2D eigenvalue weighted by molar-refractivity contribution is 7.79. The van der Waals surface area contributed by atoms with Crippen molar-refractivity contribution in [2.24, 2.45) is 0 Å². The fourth-order valence-corrected chi connectivity index (χ4v) is 2.06. The minimum Gasteiger partial charge on any atom is -0.508 e. The number of phenolic OH excluding ortho intramolecular Hbond substituents is 3. The van der Waals surface area contributed by atoms with Crippen molar-refractivity contribution in [3.8, 4) is 28.4 Å². The summed E-state index contributed by atoms with van der Waals surface area (Å²) in [4.78, 5) is 12.4. The molecule has 5 N–H and O–H groups in total. The van der Waals surface area contributed by atoms with Gasteiger partial charge in [-0.3, -0.25) is 13.9 Å². The van der Waals surface area contributed by atoms with Crippen LogP contribution in [0.1, 0.15) is 0 Å². The highest BCUT2D eigenvalue weighted by Crippen LogP contribution is 2.29. The first-order valence-electron chi connectivity index (χ1n) is 6.53. The quantitative estimate of drug-likeness (QED) is 0.403. The molecule has 0 aliphatic carbocycles. The van der Waals surface area contributed by atoms with Crippen molar-refractivity contribution >= 4 is 21.4 Å². The lowest BCUT2D eigenvalue weighted by atomic mass is 10.0. The number of aromatic hydroxyl groups is 3. The van der Waals surface area contributed by atoms with E-state index < -0.39 is 15.8 Å². The minimum absolute atomic E-state index is 0.00775. The first kappa shape index (κ1) is 18.3. The monoisotopic (exact) mass is 368 g/mol. The number of benzene rings is 2. The van der Waals surface area contributed by atoms with Gasteiger partial charge in [-0.25, -0.2) is 0 Å². The number of rotatable bonds is 1. The zero-order valence-electron chi connectivity index (χ0n) is 12.3. The summed E-state index contributed by atoms with van der Waals surface area (Å²) in [6.45, 7) is 0. The Hall–Kier alpha value is -3.08. The molecule has 0 saturated heterocycles. The van der Waals surface area contributed by atoms with Crippen LogP contribution >= 0.6 is 0 Å². The van der Waals surface area contributed by atoms with Crippen molar-refractivity contribution in [2.75, 3.05) is 0 Å². The first-order chi connectivity index (χ1) is 11.6. The molecule has 1 aromatic heterocycles. The van der Waals surface area contributed by atoms with Gasteiger partial charge in [-0.2, -0.15) is 8.42 Å². The second-order valence-electron chi connectivity index (χ2n) is 4.81. The normalized spacial score (nSPS) is 11.0. The molecule has 3 aromatic rings. The van der Waals surface area contributed by atoms with Crippen LogP contribution in [0.5, 0.6) is 17.2 Å². The maximum Gasteiger partial charge on any atom is 0.394 e. The van der Waals surface area contributed by atoms with E-state index in [2.05, 4.69) is 0 Å². The molecular weight excluding hydrogens is 356 g/mol. The predicted molar refractivity (Wildman–Crippen MR) is 87.1 cm³/mol. The molecule has 0 atom stereocenters. The topological polar surface area (TPSA) is 166 Å². The summed E-state index contributed by atoms with van der Waals surface area (Å²) in [7, 11) is -4.67. The van der Waals surface area contributed by atoms with Crippen molar-refractivity contribution in [2.45, 2.75) is 0 Å². The van der Waals surface area contributed by atoms with Gasteiger partial charge in [-0.1, -0.05) is 12.1 Å². The van der Waals surface area contributed by atoms with Crippen molar-refractivity contribution in [3.05, 3.63) is 52.9 Å². The van der Waals surface area contributed by atoms with Crippen LogP contribution in [0.3, 0.4) is 0 Å². The molecule has 0 unspecified atom stereocenters. The van der Waals surface area contributed by atoms with Crippen LogP contribution in [-0.4, -0.2) is 32.8 Å². The Morgan fingerprint density at radius 1 is 0.880 bits per heavy atom. The molecule has 3 rings (SSSR count). The predicted octanol–water partition coefficient (Wildman–Crippen LogP) is 1.92. The van der Waals surface area contributed by atoms with E-state index in [1.807, 2.05) is 0 Å². The third-order valence-electron chi connectivity index (χ3n) is 3.02. The number of hydrogen-bond donors (Lipinski definition) is 5. The van der Waals surface area contributed by atoms with E-state index in [9.17, 15) is 20.1 Å². The van der Waals surface area contributed by atoms with E-state index >= 15 is 0 Å². The Balaban J connectivity index is 0.000000399. The molecule has 0 aliphatic rings. The average molecular weight is 368 g/mol. The summed E-state index contributed by atoms with van der Waals surface area (Å²) in [5.41, 5.74) is 0.522. The first-order valence-corrected chi connectivity index (χ1v) is 7.92. The smallest absolute Gasteiger partial charge is 0.394 e. The van der Waals surface area contributed by atoms with Crippen molar-refractivity contribution in [1.29, 1.82) is 0 Å². The van der Waals surface area contributed by atoms with Gasteiger partial charge in [-0.05, 0) is 17.7 Å². The summed E-state index contributed by atoms with van der Waals surface area (Å²) in [6.07, 6.45) is 1.26. The van der Waals surface area contributed by atoms with Crippen LogP contribution in [0.15, 0.2) is 51.9 Å². The lowest BCUT2D eigenvalue weighted by Gasteiger charge is -2.05. The maximum absolute atomic E-state index is 12.4. The van der Waals surface area contributed by atoms with E-state index in [4.69, 9.17) is 21.9 Å². The van der Waals surface area contributed by atoms with Gasteiger partial charge in [0.1, 0.15) is 34.5 Å². The van der Waals surface area contributed by atoms with Crippen LogP contribution in [-0.2, 0) is 10.4 Å². The SMILES string of the molecule is O=S(=O)(O)O.O=c1c(-c2ccc(O)cc2)coc2cc(O)cc(O)c12. The molecule has 0 radical (unpaired) electrons. The Morgan fingerprint density at radius 3 is 2.00 bits per heavy atom. The Labute approximate surface area is 140 Å². The van der Waals surface area contributed by atoms with Gasteiger partial charge in [0.15, 0.2) is 0 Å². The molecule has 1 heterocycles. The molecule has 9 nitrogen and oxygen atoms in total. The summed E-state index contributed by atoms with van der Waals surface area (Å²) >= 11 is 0. The lowest BCUT2D eigenvalue weighted by molar-refractivity contribution is 0.381. The van der Waals surface area contributed by atoms with Crippen molar-refractivity contribution in [3.63, 3.8) is 0 Å². The van der Waals surface area contributed by atoms with E-state index in [0.717, 1.165) is 6.07 Å². The van der Waals surface area contributed by atoms with Gasteiger partial charge in [-0.15, -0.1) is 0 Å². The molecule has 132 valence electrons. The van der Waals surface area contributed by atoms with Crippen LogP contribution in [0.25, 0.3) is 22.1 Å². The second kappa shape index (κ2) is 6.81. The fraction of sp³-hybridized carbons (Fsp3) is 0. The third-order valence-corrected chi connectivity index (χ3v) is 3.02. The van der Waals surface area contributed by atoms with Gasteiger partial charge in [0.2, 0.25) is 5.43 Å². The third kappa shape index (κ3) is 4.70. The molecule has 10 heteroatoms. The van der Waals surface area contributed by atoms with Gasteiger partial charge in [0, 0.05) is 12.1 Å². The highest BCUT2D eigenvalue weighted by Gasteiger charge is 2.13. The van der Waals surface area contributed by atoms with Gasteiger partial charge in [0.05, 0.1) is 5.56 Å². The summed E-state index contributed by atoms with van der Waals surface area (Å²) in [5.74, 6) is -0.434. The number of hydrogen-bond acceptors (Lipinski definition) is 7. The van der Waals surface area contributed by atoms with E-state index in [1.165, 1.54) is 24.5 Å². The Morgan fingerprint density at radius 2 is 1.44 bits per heavy atom. The summed E-state index contributed by atoms with van der Waals surface area (Å²) in [6, 6.07) is 8.40. The molecular formula is C15H12O9S. The Bertz CT molecular complexity index is 1060. The lowest BCUT2D eigenvalue weighted by Crippen LogP contribution is -2.04. The minimum atomic E-state index is -4.67. The molecule has 0 fully saturated rings. The van der Waals surface area contributed by atoms with Crippen LogP contribution < -0.4 is 5.43 Å². The van der Waals surface area contributed by atoms with E-state index in [0.29, 0.717) is 5.56 Å². The zero-order valence-corrected chi connectivity index (χ0v) is 13.1. The molecule has 0 aliphatic heterocycles.